The Balaban J connectivity index is 1.70. The number of hydrogen-bond donors (Lipinski definition) is 2. The van der Waals surface area contributed by atoms with Crippen LogP contribution in [-0.4, -0.2) is 62.1 Å². The molecule has 0 aliphatic carbocycles. The standard InChI is InChI=1S/C19H25N5O7/c1-8(2)15(26)22-18-21-14-11(16(27)23-18)20-7-24(14)17-13-12(30-19(4,5)31-13)10(29-17)6-28-9(3)25/h7-8,10,12-13,17H,6H2,1-5H3,(H2,21,22,23,26,27)/t10-,12-,13-,17-/m1/s1. The number of nitrogens with one attached hydrogen (secondary N) is 2. The lowest BCUT2D eigenvalue weighted by molar-refractivity contribution is -0.201. The number of aromatic nitrogens is 4. The summed E-state index contributed by atoms with van der Waals surface area (Å²) in [6.45, 7) is 8.31. The number of imidazole rings is 1. The maximum absolute atomic E-state index is 12.5. The second-order valence-corrected chi connectivity index (χ2v) is 8.31. The Morgan fingerprint density at radius 3 is 2.71 bits per heavy atom. The van der Waals surface area contributed by atoms with Crippen LogP contribution in [0.1, 0.15) is 40.8 Å². The summed E-state index contributed by atoms with van der Waals surface area (Å²) in [5.41, 5.74) is -0.199. The molecule has 2 fully saturated rings. The van der Waals surface area contributed by atoms with Gasteiger partial charge in [0.1, 0.15) is 24.9 Å². The van der Waals surface area contributed by atoms with E-state index in [0.29, 0.717) is 0 Å². The van der Waals surface area contributed by atoms with E-state index in [2.05, 4.69) is 20.3 Å². The molecule has 0 spiro atoms. The van der Waals surface area contributed by atoms with E-state index in [1.165, 1.54) is 13.3 Å². The smallest absolute Gasteiger partial charge is 0.302 e. The molecule has 1 amide bonds. The number of nitrogens with zero attached hydrogens (tertiary/aromatic N) is 3. The molecular formula is C19H25N5O7. The zero-order valence-electron chi connectivity index (χ0n) is 17.9. The van der Waals surface area contributed by atoms with Gasteiger partial charge in [0.15, 0.2) is 23.2 Å². The molecule has 2 N–H and O–H groups in total. The minimum atomic E-state index is -0.872. The summed E-state index contributed by atoms with van der Waals surface area (Å²) in [6, 6.07) is 0. The highest BCUT2D eigenvalue weighted by Gasteiger charge is 2.56. The van der Waals surface area contributed by atoms with Crippen LogP contribution in [0, 0.1) is 5.92 Å². The average Bonchev–Trinajstić information content (AvgIpc) is 3.31. The van der Waals surface area contributed by atoms with Gasteiger partial charge in [0.05, 0.1) is 6.33 Å². The predicted octanol–water partition coefficient (Wildman–Crippen LogP) is 0.695. The third-order valence-corrected chi connectivity index (χ3v) is 5.05. The second kappa shape index (κ2) is 7.70. The third kappa shape index (κ3) is 4.05. The topological polar surface area (TPSA) is 147 Å². The first-order valence-corrected chi connectivity index (χ1v) is 9.98. The fraction of sp³-hybridized carbons (Fsp3) is 0.632. The van der Waals surface area contributed by atoms with Crippen molar-refractivity contribution in [2.45, 2.75) is 64.9 Å². The number of carbonyl (C=O) groups excluding carboxylic acids is 2. The van der Waals surface area contributed by atoms with Gasteiger partial charge in [-0.1, -0.05) is 13.8 Å². The number of ether oxygens (including phenoxy) is 4. The van der Waals surface area contributed by atoms with Gasteiger partial charge in [0.2, 0.25) is 11.9 Å². The van der Waals surface area contributed by atoms with Crippen molar-refractivity contribution in [2.24, 2.45) is 5.92 Å². The van der Waals surface area contributed by atoms with Gasteiger partial charge in [-0.2, -0.15) is 4.98 Å². The van der Waals surface area contributed by atoms with Gasteiger partial charge in [-0.25, -0.2) is 4.98 Å². The summed E-state index contributed by atoms with van der Waals surface area (Å²) in [5, 5.41) is 2.58. The van der Waals surface area contributed by atoms with Gasteiger partial charge in [0.25, 0.3) is 5.56 Å². The van der Waals surface area contributed by atoms with Crippen molar-refractivity contribution in [2.75, 3.05) is 11.9 Å². The second-order valence-electron chi connectivity index (χ2n) is 8.31. The van der Waals surface area contributed by atoms with Crippen molar-refractivity contribution in [3.05, 3.63) is 16.7 Å². The molecule has 0 radical (unpaired) electrons. The van der Waals surface area contributed by atoms with Crippen LogP contribution in [0.5, 0.6) is 0 Å². The van der Waals surface area contributed by atoms with Gasteiger partial charge in [-0.3, -0.25) is 29.3 Å². The van der Waals surface area contributed by atoms with Crippen LogP contribution in [0.4, 0.5) is 5.95 Å². The maximum atomic E-state index is 12.5. The Labute approximate surface area is 177 Å². The van der Waals surface area contributed by atoms with E-state index in [1.807, 2.05) is 0 Å². The van der Waals surface area contributed by atoms with E-state index in [9.17, 15) is 14.4 Å². The van der Waals surface area contributed by atoms with E-state index in [0.717, 1.165) is 0 Å². The van der Waals surface area contributed by atoms with Crippen LogP contribution < -0.4 is 10.9 Å². The Bertz CT molecular complexity index is 1080. The SMILES string of the molecule is CC(=O)OC[C@H]1O[C@@H](n2cnc3c(=O)[nH]c(NC(=O)C(C)C)nc32)[C@@H]2OC(C)(C)O[C@@H]21. The fourth-order valence-electron chi connectivity index (χ4n) is 3.65. The molecule has 2 aromatic heterocycles. The maximum Gasteiger partial charge on any atom is 0.302 e. The minimum absolute atomic E-state index is 0.00730. The number of rotatable bonds is 5. The lowest BCUT2D eigenvalue weighted by atomic mass is 10.1. The van der Waals surface area contributed by atoms with Crippen LogP contribution in [0.25, 0.3) is 11.2 Å². The summed E-state index contributed by atoms with van der Waals surface area (Å²) in [6.07, 6.45) is -0.951. The summed E-state index contributed by atoms with van der Waals surface area (Å²) < 4.78 is 24.8. The van der Waals surface area contributed by atoms with E-state index in [-0.39, 0.29) is 35.5 Å². The lowest BCUT2D eigenvalue weighted by Gasteiger charge is -2.24. The Hall–Kier alpha value is -2.83. The molecule has 4 rings (SSSR count). The van der Waals surface area contributed by atoms with Gasteiger partial charge >= 0.3 is 5.97 Å². The van der Waals surface area contributed by atoms with Crippen molar-refractivity contribution in [3.63, 3.8) is 0 Å². The number of fused-ring (bicyclic) bond motifs is 2. The summed E-state index contributed by atoms with van der Waals surface area (Å²) in [7, 11) is 0. The molecule has 0 unspecified atom stereocenters. The first-order valence-electron chi connectivity index (χ1n) is 9.98. The van der Waals surface area contributed by atoms with Crippen molar-refractivity contribution in [1.82, 2.24) is 19.5 Å². The summed E-state index contributed by atoms with van der Waals surface area (Å²) >= 11 is 0. The van der Waals surface area contributed by atoms with Crippen LogP contribution >= 0.6 is 0 Å². The molecule has 168 valence electrons. The molecule has 12 heteroatoms. The van der Waals surface area contributed by atoms with Crippen LogP contribution in [0.2, 0.25) is 0 Å². The van der Waals surface area contributed by atoms with E-state index >= 15 is 0 Å². The molecule has 2 aliphatic rings. The highest BCUT2D eigenvalue weighted by atomic mass is 16.8. The molecule has 2 aliphatic heterocycles. The van der Waals surface area contributed by atoms with Crippen LogP contribution in [-0.2, 0) is 28.5 Å². The number of esters is 1. The Morgan fingerprint density at radius 1 is 1.32 bits per heavy atom. The van der Waals surface area contributed by atoms with Crippen molar-refractivity contribution in [3.8, 4) is 0 Å². The largest absolute Gasteiger partial charge is 0.463 e. The minimum Gasteiger partial charge on any atom is -0.463 e. The molecule has 12 nitrogen and oxygen atoms in total. The zero-order chi connectivity index (χ0) is 22.5. The van der Waals surface area contributed by atoms with E-state index < -0.39 is 41.9 Å². The summed E-state index contributed by atoms with van der Waals surface area (Å²) in [5.74, 6) is -1.88. The molecule has 0 saturated carbocycles. The molecule has 4 heterocycles. The van der Waals surface area contributed by atoms with Gasteiger partial charge in [-0.15, -0.1) is 0 Å². The molecule has 0 bridgehead atoms. The Morgan fingerprint density at radius 2 is 2.03 bits per heavy atom. The number of anilines is 1. The van der Waals surface area contributed by atoms with Crippen molar-refractivity contribution >= 4 is 29.0 Å². The number of aromatic amines is 1. The fourth-order valence-corrected chi connectivity index (χ4v) is 3.65. The monoisotopic (exact) mass is 435 g/mol. The van der Waals surface area contributed by atoms with E-state index in [4.69, 9.17) is 18.9 Å². The molecule has 4 atom stereocenters. The van der Waals surface area contributed by atoms with Gasteiger partial charge < -0.3 is 18.9 Å². The number of H-pyrrole nitrogens is 1. The van der Waals surface area contributed by atoms with Crippen LogP contribution in [0.15, 0.2) is 11.1 Å². The molecule has 31 heavy (non-hydrogen) atoms. The van der Waals surface area contributed by atoms with Gasteiger partial charge in [-0.05, 0) is 13.8 Å². The normalized spacial score (nSPS) is 26.9. The molecule has 2 saturated heterocycles. The molecule has 0 aromatic carbocycles. The number of carbonyl (C=O) groups is 2. The average molecular weight is 435 g/mol. The highest BCUT2D eigenvalue weighted by Crippen LogP contribution is 2.43. The predicted molar refractivity (Wildman–Crippen MR) is 106 cm³/mol. The van der Waals surface area contributed by atoms with Crippen molar-refractivity contribution < 1.29 is 28.5 Å². The van der Waals surface area contributed by atoms with Crippen molar-refractivity contribution in [1.29, 1.82) is 0 Å². The Kier molecular flexibility index (Phi) is 5.31. The third-order valence-electron chi connectivity index (χ3n) is 5.05. The summed E-state index contributed by atoms with van der Waals surface area (Å²) in [4.78, 5) is 46.8. The highest BCUT2D eigenvalue weighted by molar-refractivity contribution is 5.91. The number of amides is 1. The number of hydrogen-bond acceptors (Lipinski definition) is 9. The zero-order valence-corrected chi connectivity index (χ0v) is 17.9. The molecular weight excluding hydrogens is 410 g/mol. The quantitative estimate of drug-likeness (QED) is 0.648. The van der Waals surface area contributed by atoms with E-state index in [1.54, 1.807) is 32.3 Å². The van der Waals surface area contributed by atoms with Crippen LogP contribution in [0.3, 0.4) is 0 Å². The first kappa shape index (κ1) is 21.4. The first-order chi connectivity index (χ1) is 14.6. The molecule has 2 aromatic rings. The van der Waals surface area contributed by atoms with Gasteiger partial charge in [0, 0.05) is 12.8 Å². The lowest BCUT2D eigenvalue weighted by Crippen LogP contribution is -2.33.